The average molecular weight is 343 g/mol. The number of hydrogen-bond acceptors (Lipinski definition) is 3. The van der Waals surface area contributed by atoms with Gasteiger partial charge in [-0.1, -0.05) is 24.3 Å². The second kappa shape index (κ2) is 6.37. The van der Waals surface area contributed by atoms with Crippen molar-refractivity contribution in [1.82, 2.24) is 4.57 Å². The van der Waals surface area contributed by atoms with E-state index < -0.39 is 10.0 Å². The molecule has 6 nitrogen and oxygen atoms in total. The summed E-state index contributed by atoms with van der Waals surface area (Å²) >= 11 is 0. The Balaban J connectivity index is 1.72. The van der Waals surface area contributed by atoms with Crippen LogP contribution in [0.15, 0.2) is 60.8 Å². The van der Waals surface area contributed by atoms with Gasteiger partial charge in [0.1, 0.15) is 6.54 Å². The van der Waals surface area contributed by atoms with Crippen LogP contribution >= 0.6 is 0 Å². The fourth-order valence-corrected chi connectivity index (χ4v) is 3.06. The molecule has 3 rings (SSSR count). The number of fused-ring (bicyclic) bond motifs is 1. The Morgan fingerprint density at radius 1 is 1.04 bits per heavy atom. The summed E-state index contributed by atoms with van der Waals surface area (Å²) in [4.78, 5) is 12.2. The highest BCUT2D eigenvalue weighted by Gasteiger charge is 2.08. The lowest BCUT2D eigenvalue weighted by Crippen LogP contribution is -2.18. The molecular weight excluding hydrogens is 326 g/mol. The maximum absolute atomic E-state index is 12.2. The number of amides is 1. The first-order valence-corrected chi connectivity index (χ1v) is 9.21. The van der Waals surface area contributed by atoms with Crippen molar-refractivity contribution in [2.24, 2.45) is 0 Å². The second-order valence-electron chi connectivity index (χ2n) is 5.51. The lowest BCUT2D eigenvalue weighted by Gasteiger charge is -2.09. The number of benzene rings is 2. The van der Waals surface area contributed by atoms with Crippen LogP contribution in [0.3, 0.4) is 0 Å². The molecule has 0 radical (unpaired) electrons. The van der Waals surface area contributed by atoms with Crippen LogP contribution in [0.4, 0.5) is 11.4 Å². The monoisotopic (exact) mass is 343 g/mol. The number of rotatable bonds is 5. The molecule has 124 valence electrons. The normalized spacial score (nSPS) is 11.4. The van der Waals surface area contributed by atoms with E-state index >= 15 is 0 Å². The summed E-state index contributed by atoms with van der Waals surface area (Å²) in [5.74, 6) is -0.187. The van der Waals surface area contributed by atoms with Crippen LogP contribution in [0.5, 0.6) is 0 Å². The molecule has 24 heavy (non-hydrogen) atoms. The molecule has 0 aliphatic carbocycles. The Morgan fingerprint density at radius 2 is 1.79 bits per heavy atom. The fraction of sp³-hybridized carbons (Fsp3) is 0.118. The summed E-state index contributed by atoms with van der Waals surface area (Å²) in [6, 6.07) is 16.4. The fourth-order valence-electron chi connectivity index (χ4n) is 2.51. The Labute approximate surface area is 140 Å². The van der Waals surface area contributed by atoms with Crippen molar-refractivity contribution in [3.8, 4) is 0 Å². The molecule has 0 bridgehead atoms. The molecule has 1 amide bonds. The first-order valence-electron chi connectivity index (χ1n) is 7.32. The zero-order valence-electron chi connectivity index (χ0n) is 13.1. The molecule has 0 saturated heterocycles. The minimum atomic E-state index is -3.35. The van der Waals surface area contributed by atoms with Crippen molar-refractivity contribution >= 4 is 38.2 Å². The number of para-hydroxylation sites is 1. The molecular formula is C17H17N3O3S. The van der Waals surface area contributed by atoms with Crippen LogP contribution in [0, 0.1) is 0 Å². The van der Waals surface area contributed by atoms with Gasteiger partial charge in [0.25, 0.3) is 0 Å². The number of nitrogens with one attached hydrogen (secondary N) is 2. The zero-order valence-corrected chi connectivity index (χ0v) is 13.9. The molecule has 7 heteroatoms. The summed E-state index contributed by atoms with van der Waals surface area (Å²) < 4.78 is 26.8. The van der Waals surface area contributed by atoms with E-state index in [1.807, 2.05) is 41.1 Å². The lowest BCUT2D eigenvalue weighted by molar-refractivity contribution is -0.116. The number of aromatic nitrogens is 1. The third-order valence-electron chi connectivity index (χ3n) is 3.44. The van der Waals surface area contributed by atoms with Crippen molar-refractivity contribution in [1.29, 1.82) is 0 Å². The average Bonchev–Trinajstić information content (AvgIpc) is 2.89. The van der Waals surface area contributed by atoms with Gasteiger partial charge in [0, 0.05) is 17.4 Å². The predicted molar refractivity (Wildman–Crippen MR) is 95.5 cm³/mol. The molecule has 0 fully saturated rings. The molecule has 0 unspecified atom stereocenters. The van der Waals surface area contributed by atoms with Crippen LogP contribution in [0.2, 0.25) is 0 Å². The van der Waals surface area contributed by atoms with Crippen LogP contribution < -0.4 is 10.0 Å². The van der Waals surface area contributed by atoms with E-state index in [0.29, 0.717) is 11.4 Å². The largest absolute Gasteiger partial charge is 0.338 e. The Hall–Kier alpha value is -2.80. The second-order valence-corrected chi connectivity index (χ2v) is 7.25. The van der Waals surface area contributed by atoms with Gasteiger partial charge in [-0.3, -0.25) is 9.52 Å². The van der Waals surface area contributed by atoms with Gasteiger partial charge in [-0.15, -0.1) is 0 Å². The highest BCUT2D eigenvalue weighted by molar-refractivity contribution is 7.92. The number of nitrogens with zero attached hydrogens (tertiary/aromatic N) is 1. The van der Waals surface area contributed by atoms with E-state index in [1.165, 1.54) is 0 Å². The molecule has 0 spiro atoms. The highest BCUT2D eigenvalue weighted by Crippen LogP contribution is 2.17. The lowest BCUT2D eigenvalue weighted by atomic mass is 10.2. The summed E-state index contributed by atoms with van der Waals surface area (Å²) in [6.45, 7) is 0.178. The van der Waals surface area contributed by atoms with E-state index in [-0.39, 0.29) is 12.5 Å². The molecule has 0 aliphatic heterocycles. The minimum Gasteiger partial charge on any atom is -0.338 e. The van der Waals surface area contributed by atoms with Crippen molar-refractivity contribution in [3.05, 3.63) is 60.8 Å². The topological polar surface area (TPSA) is 80.2 Å². The van der Waals surface area contributed by atoms with Gasteiger partial charge in [-0.05, 0) is 35.7 Å². The molecule has 0 saturated carbocycles. The molecule has 3 aromatic rings. The summed E-state index contributed by atoms with van der Waals surface area (Å²) in [7, 11) is -3.35. The maximum Gasteiger partial charge on any atom is 0.244 e. The predicted octanol–water partition coefficient (Wildman–Crippen LogP) is 2.65. The van der Waals surface area contributed by atoms with Gasteiger partial charge in [0.05, 0.1) is 11.9 Å². The van der Waals surface area contributed by atoms with Crippen LogP contribution in [-0.2, 0) is 21.4 Å². The van der Waals surface area contributed by atoms with Gasteiger partial charge < -0.3 is 9.88 Å². The Bertz CT molecular complexity index is 993. The van der Waals surface area contributed by atoms with Crippen molar-refractivity contribution in [2.75, 3.05) is 16.3 Å². The number of hydrogen-bond donors (Lipinski definition) is 2. The van der Waals surface area contributed by atoms with E-state index in [4.69, 9.17) is 0 Å². The maximum atomic E-state index is 12.2. The van der Waals surface area contributed by atoms with E-state index in [9.17, 15) is 13.2 Å². The van der Waals surface area contributed by atoms with Crippen LogP contribution in [0.1, 0.15) is 0 Å². The third-order valence-corrected chi connectivity index (χ3v) is 4.05. The summed E-state index contributed by atoms with van der Waals surface area (Å²) in [5, 5.41) is 3.85. The molecule has 2 aromatic carbocycles. The van der Waals surface area contributed by atoms with Gasteiger partial charge in [0.15, 0.2) is 0 Å². The third kappa shape index (κ3) is 3.94. The molecule has 2 N–H and O–H groups in total. The molecule has 1 aromatic heterocycles. The van der Waals surface area contributed by atoms with Crippen molar-refractivity contribution in [2.45, 2.75) is 6.54 Å². The molecule has 0 aliphatic rings. The first-order chi connectivity index (χ1) is 11.4. The van der Waals surface area contributed by atoms with Crippen LogP contribution in [-0.4, -0.2) is 25.1 Å². The van der Waals surface area contributed by atoms with Gasteiger partial charge in [-0.25, -0.2) is 8.42 Å². The Morgan fingerprint density at radius 3 is 2.58 bits per heavy atom. The standard InChI is InChI=1S/C17H17N3O3S/c1-24(22,23)19-15-7-4-6-14(11-15)18-17(21)12-20-10-9-13-5-2-3-8-16(13)20/h2-11,19H,12H2,1H3,(H,18,21). The van der Waals surface area contributed by atoms with E-state index in [0.717, 1.165) is 17.2 Å². The summed E-state index contributed by atoms with van der Waals surface area (Å²) in [5.41, 5.74) is 1.92. The summed E-state index contributed by atoms with van der Waals surface area (Å²) in [6.07, 6.45) is 2.95. The Kier molecular flexibility index (Phi) is 4.26. The van der Waals surface area contributed by atoms with Crippen LogP contribution in [0.25, 0.3) is 10.9 Å². The number of carbonyl (C=O) groups excluding carboxylic acids is 1. The number of anilines is 2. The smallest absolute Gasteiger partial charge is 0.244 e. The SMILES string of the molecule is CS(=O)(=O)Nc1cccc(NC(=O)Cn2ccc3ccccc32)c1. The van der Waals surface area contributed by atoms with Crippen molar-refractivity contribution < 1.29 is 13.2 Å². The van der Waals surface area contributed by atoms with Crippen molar-refractivity contribution in [3.63, 3.8) is 0 Å². The van der Waals surface area contributed by atoms with E-state index in [1.54, 1.807) is 24.3 Å². The van der Waals surface area contributed by atoms with Gasteiger partial charge >= 0.3 is 0 Å². The van der Waals surface area contributed by atoms with Gasteiger partial charge in [0.2, 0.25) is 15.9 Å². The number of carbonyl (C=O) groups is 1. The molecule has 1 heterocycles. The minimum absolute atomic E-state index is 0.178. The quantitative estimate of drug-likeness (QED) is 0.747. The molecule has 0 atom stereocenters. The first kappa shape index (κ1) is 16.1. The van der Waals surface area contributed by atoms with E-state index in [2.05, 4.69) is 10.0 Å². The zero-order chi connectivity index (χ0) is 17.2. The number of sulfonamides is 1. The highest BCUT2D eigenvalue weighted by atomic mass is 32.2. The van der Waals surface area contributed by atoms with Gasteiger partial charge in [-0.2, -0.15) is 0 Å².